The smallest absolute Gasteiger partial charge is 0.377 e. The first-order chi connectivity index (χ1) is 7.10. The van der Waals surface area contributed by atoms with Gasteiger partial charge in [-0.3, -0.25) is 4.79 Å². The molecule has 0 aliphatic rings. The number of Topliss-reactive ketones (excluding diaryl/α,β-unsaturated/α-hetero) is 1. The Balaban J connectivity index is 3.29. The lowest BCUT2D eigenvalue weighted by Crippen LogP contribution is -2.12. The van der Waals surface area contributed by atoms with E-state index in [0.29, 0.717) is 11.1 Å². The standard InChI is InChI=1S/C12H6O3/c1-3-8-5-6-10(7-9(8)4-2)11(13)12(14)15/h1-2,5-7H,(H,14,15). The van der Waals surface area contributed by atoms with Crippen LogP contribution in [0.25, 0.3) is 0 Å². The lowest BCUT2D eigenvalue weighted by atomic mass is 10.0. The largest absolute Gasteiger partial charge is 0.475 e. The number of terminal acetylenes is 2. The number of benzene rings is 1. The molecule has 3 heteroatoms. The molecule has 1 N–H and O–H groups in total. The fourth-order valence-corrected chi connectivity index (χ4v) is 1.05. The average Bonchev–Trinajstić information content (AvgIpc) is 2.26. The zero-order chi connectivity index (χ0) is 11.4. The Morgan fingerprint density at radius 1 is 1.13 bits per heavy atom. The van der Waals surface area contributed by atoms with Crippen molar-refractivity contribution in [3.8, 4) is 24.7 Å². The second kappa shape index (κ2) is 4.13. The topological polar surface area (TPSA) is 54.4 Å². The molecular weight excluding hydrogens is 192 g/mol. The average molecular weight is 198 g/mol. The van der Waals surface area contributed by atoms with Crippen LogP contribution in [0, 0.1) is 24.7 Å². The van der Waals surface area contributed by atoms with Gasteiger partial charge in [0.05, 0.1) is 0 Å². The molecule has 0 aliphatic carbocycles. The minimum absolute atomic E-state index is 0.0226. The molecule has 72 valence electrons. The van der Waals surface area contributed by atoms with Gasteiger partial charge in [0.15, 0.2) is 0 Å². The van der Waals surface area contributed by atoms with Gasteiger partial charge in [-0.15, -0.1) is 12.8 Å². The van der Waals surface area contributed by atoms with Gasteiger partial charge < -0.3 is 5.11 Å². The normalized spacial score (nSPS) is 8.67. The van der Waals surface area contributed by atoms with E-state index < -0.39 is 11.8 Å². The fourth-order valence-electron chi connectivity index (χ4n) is 1.05. The van der Waals surface area contributed by atoms with Crippen molar-refractivity contribution < 1.29 is 14.7 Å². The highest BCUT2D eigenvalue weighted by molar-refractivity contribution is 6.39. The van der Waals surface area contributed by atoms with E-state index >= 15 is 0 Å². The Morgan fingerprint density at radius 2 is 1.73 bits per heavy atom. The number of rotatable bonds is 2. The van der Waals surface area contributed by atoms with Crippen molar-refractivity contribution >= 4 is 11.8 Å². The van der Waals surface area contributed by atoms with Crippen LogP contribution in [0.1, 0.15) is 21.5 Å². The van der Waals surface area contributed by atoms with Crippen LogP contribution in [0.3, 0.4) is 0 Å². The van der Waals surface area contributed by atoms with Gasteiger partial charge in [0.2, 0.25) is 0 Å². The van der Waals surface area contributed by atoms with Gasteiger partial charge in [-0.2, -0.15) is 0 Å². The number of carboxylic acids is 1. The maximum Gasteiger partial charge on any atom is 0.377 e. The number of carboxylic acid groups (broad SMARTS) is 1. The SMILES string of the molecule is C#Cc1ccc(C(=O)C(=O)O)cc1C#C. The van der Waals surface area contributed by atoms with E-state index in [1.807, 2.05) is 0 Å². The van der Waals surface area contributed by atoms with Gasteiger partial charge in [0.25, 0.3) is 5.78 Å². The minimum atomic E-state index is -1.52. The second-order valence-corrected chi connectivity index (χ2v) is 2.68. The van der Waals surface area contributed by atoms with Crippen LogP contribution in [-0.2, 0) is 4.79 Å². The first-order valence-corrected chi connectivity index (χ1v) is 3.95. The summed E-state index contributed by atoms with van der Waals surface area (Å²) < 4.78 is 0. The van der Waals surface area contributed by atoms with Gasteiger partial charge in [-0.25, -0.2) is 4.79 Å². The summed E-state index contributed by atoms with van der Waals surface area (Å²) in [6, 6.07) is 4.09. The molecule has 0 saturated carbocycles. The highest BCUT2D eigenvalue weighted by Gasteiger charge is 2.15. The van der Waals surface area contributed by atoms with Crippen molar-refractivity contribution in [2.24, 2.45) is 0 Å². The summed E-state index contributed by atoms with van der Waals surface area (Å²) >= 11 is 0. The van der Waals surface area contributed by atoms with E-state index in [4.69, 9.17) is 18.0 Å². The lowest BCUT2D eigenvalue weighted by molar-refractivity contribution is -0.131. The van der Waals surface area contributed by atoms with Crippen LogP contribution in [0.15, 0.2) is 18.2 Å². The molecule has 0 bridgehead atoms. The zero-order valence-corrected chi connectivity index (χ0v) is 7.65. The third-order valence-electron chi connectivity index (χ3n) is 1.79. The molecule has 0 aromatic heterocycles. The van der Waals surface area contributed by atoms with Crippen molar-refractivity contribution in [1.29, 1.82) is 0 Å². The third-order valence-corrected chi connectivity index (χ3v) is 1.79. The fraction of sp³-hybridized carbons (Fsp3) is 0. The predicted octanol–water partition coefficient (Wildman–Crippen LogP) is 0.916. The molecule has 1 aromatic rings. The van der Waals surface area contributed by atoms with E-state index in [9.17, 15) is 9.59 Å². The maximum absolute atomic E-state index is 11.1. The monoisotopic (exact) mass is 198 g/mol. The van der Waals surface area contributed by atoms with Gasteiger partial charge in [-0.05, 0) is 18.2 Å². The predicted molar refractivity (Wildman–Crippen MR) is 54.3 cm³/mol. The van der Waals surface area contributed by atoms with Gasteiger partial charge in [-0.1, -0.05) is 11.8 Å². The maximum atomic E-state index is 11.1. The van der Waals surface area contributed by atoms with Gasteiger partial charge in [0.1, 0.15) is 0 Å². The molecule has 0 atom stereocenters. The van der Waals surface area contributed by atoms with E-state index in [2.05, 4.69) is 11.8 Å². The first-order valence-electron chi connectivity index (χ1n) is 3.95. The molecule has 3 nitrogen and oxygen atoms in total. The van der Waals surface area contributed by atoms with Crippen LogP contribution in [0.5, 0.6) is 0 Å². The molecule has 1 aromatic carbocycles. The first kappa shape index (κ1) is 10.6. The third kappa shape index (κ3) is 2.04. The Kier molecular flexibility index (Phi) is 2.91. The summed E-state index contributed by atoms with van der Waals surface area (Å²) in [4.78, 5) is 21.5. The Morgan fingerprint density at radius 3 is 2.20 bits per heavy atom. The lowest BCUT2D eigenvalue weighted by Gasteiger charge is -1.99. The number of ketones is 1. The van der Waals surface area contributed by atoms with E-state index in [1.54, 1.807) is 0 Å². The molecule has 15 heavy (non-hydrogen) atoms. The molecule has 0 amide bonds. The van der Waals surface area contributed by atoms with Crippen LogP contribution in [0.2, 0.25) is 0 Å². The summed E-state index contributed by atoms with van der Waals surface area (Å²) in [5.41, 5.74) is 0.818. The number of hydrogen-bond acceptors (Lipinski definition) is 2. The van der Waals surface area contributed by atoms with Crippen molar-refractivity contribution in [2.45, 2.75) is 0 Å². The molecule has 1 rings (SSSR count). The van der Waals surface area contributed by atoms with E-state index in [1.165, 1.54) is 18.2 Å². The molecule has 0 heterocycles. The molecule has 0 unspecified atom stereocenters. The van der Waals surface area contributed by atoms with E-state index in [0.717, 1.165) is 0 Å². The molecule has 0 radical (unpaired) electrons. The Labute approximate surface area is 86.7 Å². The summed E-state index contributed by atoms with van der Waals surface area (Å²) in [5, 5.41) is 8.48. The summed E-state index contributed by atoms with van der Waals surface area (Å²) in [7, 11) is 0. The van der Waals surface area contributed by atoms with Crippen LogP contribution in [0.4, 0.5) is 0 Å². The van der Waals surface area contributed by atoms with Crippen LogP contribution >= 0.6 is 0 Å². The molecule has 0 spiro atoms. The quantitative estimate of drug-likeness (QED) is 0.436. The zero-order valence-electron chi connectivity index (χ0n) is 7.65. The van der Waals surface area contributed by atoms with Crippen molar-refractivity contribution in [3.63, 3.8) is 0 Å². The molecule has 0 aliphatic heterocycles. The highest BCUT2D eigenvalue weighted by Crippen LogP contribution is 2.10. The van der Waals surface area contributed by atoms with Crippen LogP contribution < -0.4 is 0 Å². The van der Waals surface area contributed by atoms with Crippen LogP contribution in [-0.4, -0.2) is 16.9 Å². The van der Waals surface area contributed by atoms with Crippen molar-refractivity contribution in [2.75, 3.05) is 0 Å². The second-order valence-electron chi connectivity index (χ2n) is 2.68. The van der Waals surface area contributed by atoms with Gasteiger partial charge >= 0.3 is 5.97 Å². The molecular formula is C12H6O3. The Hall–Kier alpha value is -2.52. The van der Waals surface area contributed by atoms with Gasteiger partial charge in [0, 0.05) is 16.7 Å². The number of hydrogen-bond donors (Lipinski definition) is 1. The molecule has 0 fully saturated rings. The van der Waals surface area contributed by atoms with Crippen molar-refractivity contribution in [3.05, 3.63) is 34.9 Å². The number of carbonyl (C=O) groups excluding carboxylic acids is 1. The summed E-state index contributed by atoms with van der Waals surface area (Å²) in [6.07, 6.45) is 10.3. The summed E-state index contributed by atoms with van der Waals surface area (Å²) in [5.74, 6) is 2.11. The minimum Gasteiger partial charge on any atom is -0.475 e. The Bertz CT molecular complexity index is 513. The highest BCUT2D eigenvalue weighted by atomic mass is 16.4. The number of carbonyl (C=O) groups is 2. The van der Waals surface area contributed by atoms with E-state index in [-0.39, 0.29) is 5.56 Å². The van der Waals surface area contributed by atoms with Crippen molar-refractivity contribution in [1.82, 2.24) is 0 Å². The number of aliphatic carboxylic acids is 1. The molecule has 0 saturated heterocycles. The summed E-state index contributed by atoms with van der Waals surface area (Å²) in [6.45, 7) is 0.